The lowest BCUT2D eigenvalue weighted by Crippen LogP contribution is -2.40. The maximum atomic E-state index is 5.74. The van der Waals surface area contributed by atoms with Crippen LogP contribution in [0.15, 0.2) is 12.3 Å². The molecule has 3 nitrogen and oxygen atoms in total. The molecule has 0 saturated carbocycles. The van der Waals surface area contributed by atoms with E-state index in [1.54, 1.807) is 0 Å². The number of pyridine rings is 1. The lowest BCUT2D eigenvalue weighted by molar-refractivity contribution is 0.0525. The Morgan fingerprint density at radius 3 is 3.06 bits per heavy atom. The summed E-state index contributed by atoms with van der Waals surface area (Å²) < 4.78 is 5.74. The van der Waals surface area contributed by atoms with E-state index in [2.05, 4.69) is 45.7 Å². The molecule has 100 valence electrons. The van der Waals surface area contributed by atoms with E-state index in [9.17, 15) is 0 Å². The van der Waals surface area contributed by atoms with Gasteiger partial charge in [0, 0.05) is 31.2 Å². The molecule has 1 aliphatic heterocycles. The summed E-state index contributed by atoms with van der Waals surface area (Å²) in [6.07, 6.45) is 4.68. The number of nitrogens with zero attached hydrogens (tertiary/aromatic N) is 2. The topological polar surface area (TPSA) is 25.4 Å². The number of halogens is 1. The Morgan fingerprint density at radius 1 is 1.56 bits per heavy atom. The lowest BCUT2D eigenvalue weighted by Gasteiger charge is -2.34. The summed E-state index contributed by atoms with van der Waals surface area (Å²) in [7, 11) is 0. The van der Waals surface area contributed by atoms with Crippen LogP contribution < -0.4 is 4.90 Å². The van der Waals surface area contributed by atoms with Gasteiger partial charge in [-0.2, -0.15) is 0 Å². The monoisotopic (exact) mass is 312 g/mol. The van der Waals surface area contributed by atoms with E-state index in [1.165, 1.54) is 24.0 Å². The highest BCUT2D eigenvalue weighted by Crippen LogP contribution is 2.23. The number of alkyl halides is 1. The van der Waals surface area contributed by atoms with Gasteiger partial charge in [0.15, 0.2) is 0 Å². The van der Waals surface area contributed by atoms with Crippen LogP contribution in [-0.4, -0.2) is 30.8 Å². The first-order valence-corrected chi connectivity index (χ1v) is 7.74. The van der Waals surface area contributed by atoms with Gasteiger partial charge in [-0.05, 0) is 37.8 Å². The van der Waals surface area contributed by atoms with E-state index in [1.807, 2.05) is 6.20 Å². The number of hydrogen-bond donors (Lipinski definition) is 0. The zero-order chi connectivity index (χ0) is 13.0. The van der Waals surface area contributed by atoms with Crippen LogP contribution in [0.25, 0.3) is 0 Å². The van der Waals surface area contributed by atoms with Gasteiger partial charge in [0.1, 0.15) is 5.82 Å². The van der Waals surface area contributed by atoms with Gasteiger partial charge in [0.25, 0.3) is 0 Å². The number of piperidine rings is 1. The van der Waals surface area contributed by atoms with Crippen molar-refractivity contribution in [2.45, 2.75) is 38.1 Å². The fourth-order valence-electron chi connectivity index (χ4n) is 2.53. The van der Waals surface area contributed by atoms with Crippen LogP contribution in [0.3, 0.4) is 0 Å². The fourth-order valence-corrected chi connectivity index (χ4v) is 2.84. The summed E-state index contributed by atoms with van der Waals surface area (Å²) in [5, 5.41) is 0.864. The maximum absolute atomic E-state index is 5.74. The van der Waals surface area contributed by atoms with E-state index in [0.29, 0.717) is 6.10 Å². The smallest absolute Gasteiger partial charge is 0.131 e. The molecule has 0 aliphatic carbocycles. The van der Waals surface area contributed by atoms with Gasteiger partial charge in [0.2, 0.25) is 0 Å². The third-order valence-electron chi connectivity index (χ3n) is 3.34. The number of anilines is 1. The van der Waals surface area contributed by atoms with Crippen molar-refractivity contribution in [2.75, 3.05) is 24.6 Å². The molecule has 1 unspecified atom stereocenters. The molecule has 4 heteroatoms. The Morgan fingerprint density at radius 2 is 2.39 bits per heavy atom. The van der Waals surface area contributed by atoms with Crippen molar-refractivity contribution < 1.29 is 4.74 Å². The molecule has 1 fully saturated rings. The van der Waals surface area contributed by atoms with Crippen LogP contribution in [0, 0.1) is 6.92 Å². The molecule has 0 radical (unpaired) electrons. The van der Waals surface area contributed by atoms with E-state index in [-0.39, 0.29) is 0 Å². The third-order valence-corrected chi connectivity index (χ3v) is 3.99. The highest BCUT2D eigenvalue weighted by atomic mass is 79.9. The first kappa shape index (κ1) is 13.8. The normalized spacial score (nSPS) is 20.2. The van der Waals surface area contributed by atoms with Crippen molar-refractivity contribution in [3.8, 4) is 0 Å². The average Bonchev–Trinajstić information content (AvgIpc) is 2.39. The number of hydrogen-bond acceptors (Lipinski definition) is 3. The molecule has 2 rings (SSSR count). The van der Waals surface area contributed by atoms with E-state index >= 15 is 0 Å². The summed E-state index contributed by atoms with van der Waals surface area (Å²) in [6, 6.07) is 2.21. The summed E-state index contributed by atoms with van der Waals surface area (Å²) in [5.74, 6) is 1.11. The highest BCUT2D eigenvalue weighted by Gasteiger charge is 2.22. The Balaban J connectivity index is 2.10. The van der Waals surface area contributed by atoms with Crippen molar-refractivity contribution in [2.24, 2.45) is 0 Å². The van der Waals surface area contributed by atoms with E-state index in [0.717, 1.165) is 30.8 Å². The van der Waals surface area contributed by atoms with Gasteiger partial charge in [0.05, 0.1) is 6.10 Å². The fraction of sp³-hybridized carbons (Fsp3) is 0.643. The average molecular weight is 313 g/mol. The second-order valence-corrected chi connectivity index (χ2v) is 5.34. The first-order valence-electron chi connectivity index (χ1n) is 6.62. The van der Waals surface area contributed by atoms with E-state index < -0.39 is 0 Å². The molecule has 1 saturated heterocycles. The number of ether oxygens (including phenoxy) is 1. The summed E-state index contributed by atoms with van der Waals surface area (Å²) >= 11 is 3.47. The minimum absolute atomic E-state index is 0.362. The quantitative estimate of drug-likeness (QED) is 0.798. The van der Waals surface area contributed by atoms with Crippen LogP contribution in [0.2, 0.25) is 0 Å². The molecule has 0 N–H and O–H groups in total. The van der Waals surface area contributed by atoms with Crippen LogP contribution in [0.4, 0.5) is 5.82 Å². The predicted molar refractivity (Wildman–Crippen MR) is 78.5 cm³/mol. The second-order valence-electron chi connectivity index (χ2n) is 4.78. The van der Waals surface area contributed by atoms with Gasteiger partial charge >= 0.3 is 0 Å². The SMILES string of the molecule is CCOC1CCCN(c2ncc(CBr)cc2C)C1. The van der Waals surface area contributed by atoms with Crippen molar-refractivity contribution in [1.29, 1.82) is 0 Å². The van der Waals surface area contributed by atoms with Crippen LogP contribution in [0.5, 0.6) is 0 Å². The number of aromatic nitrogens is 1. The Kier molecular flexibility index (Phi) is 5.01. The van der Waals surface area contributed by atoms with Crippen LogP contribution in [-0.2, 0) is 10.1 Å². The third kappa shape index (κ3) is 3.23. The van der Waals surface area contributed by atoms with Gasteiger partial charge in [-0.1, -0.05) is 22.0 Å². The molecule has 18 heavy (non-hydrogen) atoms. The van der Waals surface area contributed by atoms with Crippen molar-refractivity contribution in [3.63, 3.8) is 0 Å². The molecule has 1 atom stereocenters. The molecule has 1 aliphatic rings. The largest absolute Gasteiger partial charge is 0.377 e. The highest BCUT2D eigenvalue weighted by molar-refractivity contribution is 9.08. The Labute approximate surface area is 118 Å². The molecule has 0 amide bonds. The van der Waals surface area contributed by atoms with Crippen LogP contribution >= 0.6 is 15.9 Å². The zero-order valence-corrected chi connectivity index (χ0v) is 12.7. The molecule has 2 heterocycles. The summed E-state index contributed by atoms with van der Waals surface area (Å²) in [5.41, 5.74) is 2.48. The zero-order valence-electron chi connectivity index (χ0n) is 11.2. The summed E-state index contributed by atoms with van der Waals surface area (Å²) in [6.45, 7) is 7.06. The number of rotatable bonds is 4. The minimum Gasteiger partial charge on any atom is -0.377 e. The Hall–Kier alpha value is -0.610. The lowest BCUT2D eigenvalue weighted by atomic mass is 10.1. The predicted octanol–water partition coefficient (Wildman–Crippen LogP) is 3.29. The minimum atomic E-state index is 0.362. The summed E-state index contributed by atoms with van der Waals surface area (Å²) in [4.78, 5) is 6.97. The van der Waals surface area contributed by atoms with Gasteiger partial charge in [-0.3, -0.25) is 0 Å². The second kappa shape index (κ2) is 6.53. The van der Waals surface area contributed by atoms with Gasteiger partial charge < -0.3 is 9.64 Å². The van der Waals surface area contributed by atoms with E-state index in [4.69, 9.17) is 4.74 Å². The number of aryl methyl sites for hydroxylation is 1. The molecular weight excluding hydrogens is 292 g/mol. The molecular formula is C14H21BrN2O. The molecule has 0 spiro atoms. The van der Waals surface area contributed by atoms with Gasteiger partial charge in [-0.25, -0.2) is 4.98 Å². The molecule has 1 aromatic rings. The standard InChI is InChI=1S/C14H21BrN2O/c1-3-18-13-5-4-6-17(10-13)14-11(2)7-12(8-15)9-16-14/h7,9,13H,3-6,8,10H2,1-2H3. The first-order chi connectivity index (χ1) is 8.74. The molecule has 0 aromatic carbocycles. The van der Waals surface area contributed by atoms with Crippen molar-refractivity contribution >= 4 is 21.7 Å². The van der Waals surface area contributed by atoms with Crippen molar-refractivity contribution in [3.05, 3.63) is 23.4 Å². The Bertz CT molecular complexity index is 395. The van der Waals surface area contributed by atoms with Crippen LogP contribution in [0.1, 0.15) is 30.9 Å². The maximum Gasteiger partial charge on any atom is 0.131 e. The molecule has 0 bridgehead atoms. The molecule has 1 aromatic heterocycles. The van der Waals surface area contributed by atoms with Gasteiger partial charge in [-0.15, -0.1) is 0 Å². The van der Waals surface area contributed by atoms with Crippen molar-refractivity contribution in [1.82, 2.24) is 4.98 Å².